The Morgan fingerprint density at radius 3 is 3.20 bits per heavy atom. The van der Waals surface area contributed by atoms with Gasteiger partial charge in [-0.05, 0) is 6.08 Å². The zero-order valence-corrected chi connectivity index (χ0v) is 5.81. The Hall–Kier alpha value is -1.12. The molecule has 0 fully saturated rings. The lowest BCUT2D eigenvalue weighted by Gasteiger charge is -2.19. The fourth-order valence-corrected chi connectivity index (χ4v) is 1.22. The predicted octanol–water partition coefficient (Wildman–Crippen LogP) is 0.295. The number of nitrogens with zero attached hydrogens (tertiary/aromatic N) is 3. The molecular formula is C7H9N3. The molecule has 2 unspecified atom stereocenters. The molecule has 0 amide bonds. The summed E-state index contributed by atoms with van der Waals surface area (Å²) in [5, 5.41) is 0. The Morgan fingerprint density at radius 1 is 1.50 bits per heavy atom. The van der Waals surface area contributed by atoms with Gasteiger partial charge in [-0.15, -0.1) is 0 Å². The van der Waals surface area contributed by atoms with Gasteiger partial charge in [0.25, 0.3) is 0 Å². The highest BCUT2D eigenvalue weighted by molar-refractivity contribution is 5.76. The Bertz CT molecular complexity index is 217. The van der Waals surface area contributed by atoms with E-state index in [1.54, 1.807) is 6.20 Å². The third kappa shape index (κ3) is 0.667. The summed E-state index contributed by atoms with van der Waals surface area (Å²) in [6.07, 6.45) is 7.61. The van der Waals surface area contributed by atoms with E-state index in [9.17, 15) is 0 Å². The van der Waals surface area contributed by atoms with E-state index in [0.717, 1.165) is 0 Å². The average Bonchev–Trinajstić information content (AvgIpc) is 2.34. The lowest BCUT2D eigenvalue weighted by Crippen LogP contribution is -2.35. The molecule has 0 N–H and O–H groups in total. The highest BCUT2D eigenvalue weighted by Gasteiger charge is 2.25. The minimum Gasteiger partial charge on any atom is -0.355 e. The van der Waals surface area contributed by atoms with Gasteiger partial charge in [0.1, 0.15) is 0 Å². The lowest BCUT2D eigenvalue weighted by atomic mass is 10.1. The first-order chi connectivity index (χ1) is 4.88. The molecule has 0 saturated carbocycles. The maximum atomic E-state index is 4.26. The molecule has 2 aliphatic rings. The monoisotopic (exact) mass is 135 g/mol. The molecule has 3 heteroatoms. The summed E-state index contributed by atoms with van der Waals surface area (Å²) >= 11 is 0. The Balaban J connectivity index is 2.26. The number of aliphatic imine (C=N–C) groups is 2. The van der Waals surface area contributed by atoms with Crippen LogP contribution in [0.3, 0.4) is 0 Å². The zero-order chi connectivity index (χ0) is 6.97. The van der Waals surface area contributed by atoms with Gasteiger partial charge in [0.05, 0.1) is 18.4 Å². The van der Waals surface area contributed by atoms with Gasteiger partial charge in [-0.1, -0.05) is 0 Å². The number of hydrogen-bond donors (Lipinski definition) is 0. The molecule has 2 atom stereocenters. The first kappa shape index (κ1) is 5.65. The van der Waals surface area contributed by atoms with Crippen LogP contribution in [-0.4, -0.2) is 36.6 Å². The van der Waals surface area contributed by atoms with E-state index in [4.69, 9.17) is 0 Å². The fourth-order valence-electron chi connectivity index (χ4n) is 1.22. The molecule has 0 bridgehead atoms. The average molecular weight is 135 g/mol. The van der Waals surface area contributed by atoms with Crippen molar-refractivity contribution in [3.8, 4) is 0 Å². The van der Waals surface area contributed by atoms with Crippen molar-refractivity contribution in [1.29, 1.82) is 0 Å². The summed E-state index contributed by atoms with van der Waals surface area (Å²) in [5.41, 5.74) is 0. The first-order valence-electron chi connectivity index (χ1n) is 3.33. The number of rotatable bonds is 0. The highest BCUT2D eigenvalue weighted by atomic mass is 15.2. The number of fused-ring (bicyclic) bond motifs is 1. The fraction of sp³-hybridized carbons (Fsp3) is 0.429. The van der Waals surface area contributed by atoms with Crippen molar-refractivity contribution in [1.82, 2.24) is 4.90 Å². The molecular weight excluding hydrogens is 126 g/mol. The molecule has 0 aromatic heterocycles. The van der Waals surface area contributed by atoms with Crippen molar-refractivity contribution in [3.05, 3.63) is 12.3 Å². The van der Waals surface area contributed by atoms with Gasteiger partial charge in [-0.3, -0.25) is 9.98 Å². The summed E-state index contributed by atoms with van der Waals surface area (Å²) in [4.78, 5) is 10.4. The van der Waals surface area contributed by atoms with E-state index >= 15 is 0 Å². The second kappa shape index (κ2) is 1.94. The smallest absolute Gasteiger partial charge is 0.0969 e. The van der Waals surface area contributed by atoms with Gasteiger partial charge >= 0.3 is 0 Å². The van der Waals surface area contributed by atoms with Crippen LogP contribution in [0.5, 0.6) is 0 Å². The summed E-state index contributed by atoms with van der Waals surface area (Å²) in [6.45, 7) is 0. The Labute approximate surface area is 59.8 Å². The molecule has 2 heterocycles. The van der Waals surface area contributed by atoms with Gasteiger partial charge in [0.15, 0.2) is 0 Å². The molecule has 10 heavy (non-hydrogen) atoms. The molecule has 0 radical (unpaired) electrons. The van der Waals surface area contributed by atoms with Crippen LogP contribution in [0.1, 0.15) is 0 Å². The van der Waals surface area contributed by atoms with Crippen LogP contribution in [0.2, 0.25) is 0 Å². The van der Waals surface area contributed by atoms with Crippen LogP contribution in [-0.2, 0) is 0 Å². The minimum absolute atomic E-state index is 0.308. The van der Waals surface area contributed by atoms with Crippen LogP contribution in [0.15, 0.2) is 22.3 Å². The van der Waals surface area contributed by atoms with Crippen molar-refractivity contribution in [3.63, 3.8) is 0 Å². The summed E-state index contributed by atoms with van der Waals surface area (Å²) < 4.78 is 0. The normalized spacial score (nSPS) is 35.1. The SMILES string of the molecule is CN1C=NC2C=CN=CC21. The van der Waals surface area contributed by atoms with Crippen molar-refractivity contribution in [2.24, 2.45) is 9.98 Å². The van der Waals surface area contributed by atoms with Gasteiger partial charge in [0.2, 0.25) is 0 Å². The van der Waals surface area contributed by atoms with Gasteiger partial charge in [-0.2, -0.15) is 0 Å². The second-order valence-electron chi connectivity index (χ2n) is 2.55. The maximum absolute atomic E-state index is 4.26. The Kier molecular flexibility index (Phi) is 1.09. The molecule has 0 aromatic rings. The number of hydrogen-bond acceptors (Lipinski definition) is 3. The van der Waals surface area contributed by atoms with Crippen molar-refractivity contribution < 1.29 is 0 Å². The van der Waals surface area contributed by atoms with E-state index in [-0.39, 0.29) is 0 Å². The molecule has 0 saturated heterocycles. The zero-order valence-electron chi connectivity index (χ0n) is 5.81. The van der Waals surface area contributed by atoms with E-state index in [1.807, 2.05) is 25.7 Å². The standard InChI is InChI=1S/C7H9N3/c1-10-5-9-6-2-3-8-4-7(6)10/h2-7H,1H3. The first-order valence-corrected chi connectivity index (χ1v) is 3.33. The lowest BCUT2D eigenvalue weighted by molar-refractivity contribution is 0.474. The van der Waals surface area contributed by atoms with E-state index < -0.39 is 0 Å². The topological polar surface area (TPSA) is 28.0 Å². The van der Waals surface area contributed by atoms with Crippen LogP contribution < -0.4 is 0 Å². The predicted molar refractivity (Wildman–Crippen MR) is 41.5 cm³/mol. The van der Waals surface area contributed by atoms with Crippen LogP contribution in [0, 0.1) is 0 Å². The highest BCUT2D eigenvalue weighted by Crippen LogP contribution is 2.14. The minimum atomic E-state index is 0.308. The van der Waals surface area contributed by atoms with E-state index in [2.05, 4.69) is 14.9 Å². The third-order valence-electron chi connectivity index (χ3n) is 1.85. The molecule has 0 aromatic carbocycles. The maximum Gasteiger partial charge on any atom is 0.0969 e. The van der Waals surface area contributed by atoms with Gasteiger partial charge in [0, 0.05) is 19.5 Å². The Morgan fingerprint density at radius 2 is 2.40 bits per heavy atom. The van der Waals surface area contributed by atoms with Crippen molar-refractivity contribution >= 4 is 12.6 Å². The summed E-state index contributed by atoms with van der Waals surface area (Å²) in [5.74, 6) is 0. The molecule has 3 nitrogen and oxygen atoms in total. The van der Waals surface area contributed by atoms with Crippen LogP contribution >= 0.6 is 0 Å². The summed E-state index contributed by atoms with van der Waals surface area (Å²) in [6, 6.07) is 0.674. The van der Waals surface area contributed by atoms with Gasteiger partial charge < -0.3 is 4.90 Å². The molecule has 52 valence electrons. The molecule has 2 aliphatic heterocycles. The van der Waals surface area contributed by atoms with Gasteiger partial charge in [-0.25, -0.2) is 0 Å². The van der Waals surface area contributed by atoms with Crippen molar-refractivity contribution in [2.45, 2.75) is 12.1 Å². The molecule has 0 aliphatic carbocycles. The third-order valence-corrected chi connectivity index (χ3v) is 1.85. The van der Waals surface area contributed by atoms with E-state index in [0.29, 0.717) is 12.1 Å². The summed E-state index contributed by atoms with van der Waals surface area (Å²) in [7, 11) is 2.01. The molecule has 2 rings (SSSR count). The number of likely N-dealkylation sites (N-methyl/N-ethyl adjacent to an activating group) is 1. The largest absolute Gasteiger partial charge is 0.355 e. The quantitative estimate of drug-likeness (QED) is 0.469. The van der Waals surface area contributed by atoms with E-state index in [1.165, 1.54) is 0 Å². The van der Waals surface area contributed by atoms with Crippen LogP contribution in [0.4, 0.5) is 0 Å². The van der Waals surface area contributed by atoms with Crippen LogP contribution in [0.25, 0.3) is 0 Å². The van der Waals surface area contributed by atoms with Crippen molar-refractivity contribution in [2.75, 3.05) is 7.05 Å². The molecule has 0 spiro atoms. The second-order valence-corrected chi connectivity index (χ2v) is 2.55.